The van der Waals surface area contributed by atoms with Crippen LogP contribution in [0.3, 0.4) is 0 Å². The molecule has 0 saturated carbocycles. The Hall–Kier alpha value is -1.96. The Kier molecular flexibility index (Phi) is 4.10. The summed E-state index contributed by atoms with van der Waals surface area (Å²) in [5, 5.41) is 23.2. The van der Waals surface area contributed by atoms with Crippen LogP contribution in [-0.4, -0.2) is 22.7 Å². The first-order valence-corrected chi connectivity index (χ1v) is 8.42. The maximum Gasteiger partial charge on any atom is 0.256 e. The van der Waals surface area contributed by atoms with Gasteiger partial charge in [0, 0.05) is 10.4 Å². The number of rotatable bonds is 5. The zero-order chi connectivity index (χ0) is 15.6. The number of carbonyl (C=O) groups is 1. The van der Waals surface area contributed by atoms with Crippen molar-refractivity contribution in [2.24, 2.45) is 0 Å². The van der Waals surface area contributed by atoms with Gasteiger partial charge in [-0.2, -0.15) is 11.3 Å². The minimum absolute atomic E-state index is 0.0771. The van der Waals surface area contributed by atoms with E-state index in [9.17, 15) is 9.90 Å². The van der Waals surface area contributed by atoms with Gasteiger partial charge in [-0.15, -0.1) is 11.3 Å². The first-order valence-electron chi connectivity index (χ1n) is 6.60. The summed E-state index contributed by atoms with van der Waals surface area (Å²) in [6.07, 6.45) is 1.37. The molecule has 0 spiro atoms. The molecule has 0 aliphatic carbocycles. The van der Waals surface area contributed by atoms with Crippen molar-refractivity contribution in [3.63, 3.8) is 0 Å². The highest BCUT2D eigenvalue weighted by atomic mass is 32.1. The second-order valence-corrected chi connectivity index (χ2v) is 6.56. The molecule has 7 heteroatoms. The van der Waals surface area contributed by atoms with E-state index in [1.54, 1.807) is 6.92 Å². The molecule has 2 N–H and O–H groups in total. The van der Waals surface area contributed by atoms with E-state index in [0.717, 1.165) is 10.4 Å². The fourth-order valence-corrected chi connectivity index (χ4v) is 3.73. The molecule has 3 aromatic heterocycles. The highest BCUT2D eigenvalue weighted by Gasteiger charge is 2.34. The number of carbonyl (C=O) groups excluding carboxylic acids is 1. The summed E-state index contributed by atoms with van der Waals surface area (Å²) in [6, 6.07) is 5.60. The summed E-state index contributed by atoms with van der Waals surface area (Å²) in [5.41, 5.74) is -0.101. The first kappa shape index (κ1) is 15.0. The largest absolute Gasteiger partial charge is 0.378 e. The molecule has 1 unspecified atom stereocenters. The van der Waals surface area contributed by atoms with E-state index in [1.165, 1.54) is 28.9 Å². The average Bonchev–Trinajstić information content (AvgIpc) is 3.24. The van der Waals surface area contributed by atoms with Crippen LogP contribution in [0.2, 0.25) is 0 Å². The van der Waals surface area contributed by atoms with Crippen molar-refractivity contribution in [1.82, 2.24) is 10.5 Å². The molecule has 0 bridgehead atoms. The maximum atomic E-state index is 12.2. The van der Waals surface area contributed by atoms with Crippen molar-refractivity contribution in [2.45, 2.75) is 12.5 Å². The number of aliphatic hydroxyl groups is 1. The monoisotopic (exact) mass is 334 g/mol. The Balaban J connectivity index is 1.83. The van der Waals surface area contributed by atoms with Crippen molar-refractivity contribution in [2.75, 3.05) is 6.54 Å². The van der Waals surface area contributed by atoms with Gasteiger partial charge in [-0.1, -0.05) is 11.2 Å². The third kappa shape index (κ3) is 2.70. The zero-order valence-corrected chi connectivity index (χ0v) is 13.4. The lowest BCUT2D eigenvalue weighted by Gasteiger charge is -2.26. The second kappa shape index (κ2) is 6.04. The van der Waals surface area contributed by atoms with Gasteiger partial charge < -0.3 is 14.9 Å². The summed E-state index contributed by atoms with van der Waals surface area (Å²) in [6.45, 7) is 1.75. The average molecular weight is 334 g/mol. The Morgan fingerprint density at radius 2 is 2.32 bits per heavy atom. The Morgan fingerprint density at radius 3 is 2.91 bits per heavy atom. The lowest BCUT2D eigenvalue weighted by atomic mass is 9.94. The smallest absolute Gasteiger partial charge is 0.256 e. The highest BCUT2D eigenvalue weighted by molar-refractivity contribution is 7.10. The van der Waals surface area contributed by atoms with Crippen molar-refractivity contribution in [1.29, 1.82) is 0 Å². The Labute approximate surface area is 135 Å². The molecular weight excluding hydrogens is 320 g/mol. The predicted molar refractivity (Wildman–Crippen MR) is 85.2 cm³/mol. The topological polar surface area (TPSA) is 75.4 Å². The number of hydrogen-bond acceptors (Lipinski definition) is 6. The number of nitrogens with one attached hydrogen (secondary N) is 1. The van der Waals surface area contributed by atoms with Crippen LogP contribution in [0.1, 0.15) is 26.6 Å². The van der Waals surface area contributed by atoms with Gasteiger partial charge in [0.05, 0.1) is 12.7 Å². The standard InChI is InChI=1S/C15H14N2O3S2/c1-10-12(7-17-20-10)14(18)16-9-15(19,11-4-6-21-8-11)13-3-2-5-22-13/h2-8,19H,9H2,1H3,(H,16,18). The van der Waals surface area contributed by atoms with E-state index in [0.29, 0.717) is 11.3 Å². The van der Waals surface area contributed by atoms with Crippen LogP contribution in [0.15, 0.2) is 45.1 Å². The van der Waals surface area contributed by atoms with Crippen LogP contribution in [0.5, 0.6) is 0 Å². The molecular formula is C15H14N2O3S2. The molecule has 1 atom stereocenters. The molecule has 5 nitrogen and oxygen atoms in total. The van der Waals surface area contributed by atoms with E-state index in [4.69, 9.17) is 4.52 Å². The SMILES string of the molecule is Cc1oncc1C(=O)NCC(O)(c1ccsc1)c1cccs1. The zero-order valence-electron chi connectivity index (χ0n) is 11.8. The molecule has 0 saturated heterocycles. The van der Waals surface area contributed by atoms with Crippen molar-refractivity contribution in [3.8, 4) is 0 Å². The third-order valence-corrected chi connectivity index (χ3v) is 5.13. The van der Waals surface area contributed by atoms with Crippen LogP contribution in [0, 0.1) is 6.92 Å². The fraction of sp³-hybridized carbons (Fsp3) is 0.200. The molecule has 0 fully saturated rings. The number of thiophene rings is 2. The number of nitrogens with zero attached hydrogens (tertiary/aromatic N) is 1. The summed E-state index contributed by atoms with van der Waals surface area (Å²) < 4.78 is 4.89. The maximum absolute atomic E-state index is 12.2. The van der Waals surface area contributed by atoms with E-state index in [2.05, 4.69) is 10.5 Å². The number of hydrogen-bond donors (Lipinski definition) is 2. The van der Waals surface area contributed by atoms with Crippen LogP contribution in [0.4, 0.5) is 0 Å². The molecule has 0 aliphatic heterocycles. The molecule has 1 amide bonds. The number of aromatic nitrogens is 1. The minimum Gasteiger partial charge on any atom is -0.378 e. The molecule has 3 rings (SSSR count). The molecule has 3 aromatic rings. The fourth-order valence-electron chi connectivity index (χ4n) is 2.17. The van der Waals surface area contributed by atoms with Crippen LogP contribution in [-0.2, 0) is 5.60 Å². The first-order chi connectivity index (χ1) is 10.6. The van der Waals surface area contributed by atoms with Gasteiger partial charge >= 0.3 is 0 Å². The van der Waals surface area contributed by atoms with E-state index in [1.807, 2.05) is 34.3 Å². The molecule has 0 radical (unpaired) electrons. The normalized spacial score (nSPS) is 13.7. The van der Waals surface area contributed by atoms with Crippen molar-refractivity contribution in [3.05, 3.63) is 62.3 Å². The van der Waals surface area contributed by atoms with Crippen LogP contribution < -0.4 is 5.32 Å². The quantitative estimate of drug-likeness (QED) is 0.752. The minimum atomic E-state index is -1.24. The van der Waals surface area contributed by atoms with E-state index < -0.39 is 5.60 Å². The van der Waals surface area contributed by atoms with Gasteiger partial charge in [0.15, 0.2) is 0 Å². The van der Waals surface area contributed by atoms with Gasteiger partial charge in [-0.25, -0.2) is 0 Å². The molecule has 0 aliphatic rings. The Morgan fingerprint density at radius 1 is 1.45 bits per heavy atom. The lowest BCUT2D eigenvalue weighted by Crippen LogP contribution is -2.41. The summed E-state index contributed by atoms with van der Waals surface area (Å²) in [7, 11) is 0. The van der Waals surface area contributed by atoms with Crippen LogP contribution in [0.25, 0.3) is 0 Å². The number of aryl methyl sites for hydroxylation is 1. The van der Waals surface area contributed by atoms with E-state index in [-0.39, 0.29) is 12.5 Å². The van der Waals surface area contributed by atoms with Gasteiger partial charge in [-0.05, 0) is 35.2 Å². The highest BCUT2D eigenvalue weighted by Crippen LogP contribution is 2.33. The molecule has 22 heavy (non-hydrogen) atoms. The molecule has 114 valence electrons. The van der Waals surface area contributed by atoms with Gasteiger partial charge in [0.1, 0.15) is 16.9 Å². The van der Waals surface area contributed by atoms with Gasteiger partial charge in [0.25, 0.3) is 5.91 Å². The van der Waals surface area contributed by atoms with Gasteiger partial charge in [0.2, 0.25) is 0 Å². The van der Waals surface area contributed by atoms with Crippen molar-refractivity contribution < 1.29 is 14.4 Å². The lowest BCUT2D eigenvalue weighted by molar-refractivity contribution is 0.0720. The van der Waals surface area contributed by atoms with Crippen molar-refractivity contribution >= 4 is 28.6 Å². The van der Waals surface area contributed by atoms with E-state index >= 15 is 0 Å². The summed E-state index contributed by atoms with van der Waals surface area (Å²) in [5.74, 6) is 0.136. The molecule has 0 aromatic carbocycles. The Bertz CT molecular complexity index is 713. The predicted octanol–water partition coefficient (Wildman–Crippen LogP) is 2.77. The summed E-state index contributed by atoms with van der Waals surface area (Å²) >= 11 is 2.96. The summed E-state index contributed by atoms with van der Waals surface area (Å²) in [4.78, 5) is 13.0. The number of amides is 1. The third-order valence-electron chi connectivity index (χ3n) is 3.43. The molecule has 3 heterocycles. The van der Waals surface area contributed by atoms with Gasteiger partial charge in [-0.3, -0.25) is 4.79 Å². The van der Waals surface area contributed by atoms with Crippen LogP contribution >= 0.6 is 22.7 Å². The second-order valence-electron chi connectivity index (χ2n) is 4.83.